The molecule has 0 unspecified atom stereocenters. The van der Waals surface area contributed by atoms with Gasteiger partial charge in [-0.3, -0.25) is 79.2 Å². The lowest BCUT2D eigenvalue weighted by atomic mass is 9.89. The molecular weight excluding hydrogens is 1470 g/mol. The third-order valence-corrected chi connectivity index (χ3v) is 23.5. The number of Topliss-reactive ketones (excluding diaryl/α,β-unsaturated/α-hetero) is 4. The van der Waals surface area contributed by atoms with Crippen molar-refractivity contribution in [1.29, 1.82) is 0 Å². The molecule has 0 bridgehead atoms. The molecule has 0 radical (unpaired) electrons. The number of aryl methyl sites for hydroxylation is 4. The molecule has 108 heavy (non-hydrogen) atoms. The number of nitro groups is 4. The maximum Gasteiger partial charge on any atom is 0.321 e. The zero-order valence-corrected chi connectivity index (χ0v) is 61.4. The summed E-state index contributed by atoms with van der Waals surface area (Å²) in [6.45, 7) is 7.56. The Bertz CT molecular complexity index is 4740. The van der Waals surface area contributed by atoms with Crippen molar-refractivity contribution in [2.75, 3.05) is 44.6 Å². The van der Waals surface area contributed by atoms with E-state index in [0.29, 0.717) is 22.7 Å². The van der Waals surface area contributed by atoms with Gasteiger partial charge in [0, 0.05) is 67.3 Å². The van der Waals surface area contributed by atoms with E-state index in [-0.39, 0.29) is 64.6 Å². The molecule has 32 heteroatoms. The Kier molecular flexibility index (Phi) is 18.6. The molecule has 8 atom stereocenters. The SMILES string of the molecule is CSC1=C([N+](=O)[O-])[C@@]2(O)C(=O)c3ccccc3[C@@]2(O)N1c1ccc(C)cc1.CSC1=C([N+](=O)[O-])[C@]2(O)C(=O)c3ccccc3[C@]2(O)N1c1ccc(C)cc1.CSC1=C([N+](=O)[O-])[C@]2(O)C(=O)c3ccccc3[C@]2(O)N1c1ccc(C)cc1.CSC1=C([N+](=O)[O-])[C@]2(O)C(=O)c3ccccc3[C@]2(O)N1c1ccc(C)cc1. The van der Waals surface area contributed by atoms with Crippen LogP contribution < -0.4 is 19.6 Å². The van der Waals surface area contributed by atoms with E-state index in [9.17, 15) is 100 Å². The summed E-state index contributed by atoms with van der Waals surface area (Å²) in [6.07, 6.45) is 6.41. The van der Waals surface area contributed by atoms with Gasteiger partial charge in [-0.05, 0) is 101 Å². The van der Waals surface area contributed by atoms with Crippen LogP contribution in [0.15, 0.2) is 237 Å². The Hall–Kier alpha value is -10.7. The van der Waals surface area contributed by atoms with Gasteiger partial charge in [-0.15, -0.1) is 47.0 Å². The first kappa shape index (κ1) is 75.5. The van der Waals surface area contributed by atoms with Crippen molar-refractivity contribution in [3.8, 4) is 0 Å². The van der Waals surface area contributed by atoms with Crippen LogP contribution in [-0.4, -0.2) is 131 Å². The van der Waals surface area contributed by atoms with Gasteiger partial charge in [-0.1, -0.05) is 168 Å². The van der Waals surface area contributed by atoms with Crippen LogP contribution in [0.2, 0.25) is 0 Å². The largest absolute Gasteiger partial charge is 0.368 e. The fourth-order valence-electron chi connectivity index (χ4n) is 15.6. The summed E-state index contributed by atoms with van der Waals surface area (Å²) in [6, 6.07) is 52.6. The highest BCUT2D eigenvalue weighted by Crippen LogP contribution is 2.64. The van der Waals surface area contributed by atoms with Gasteiger partial charge in [0.05, 0.1) is 19.7 Å². The molecule has 8 aromatic rings. The number of anilines is 4. The minimum Gasteiger partial charge on any atom is -0.368 e. The predicted octanol–water partition coefficient (Wildman–Crippen LogP) is 9.59. The molecule has 0 aromatic heterocycles. The summed E-state index contributed by atoms with van der Waals surface area (Å²) in [4.78, 5) is 102. The van der Waals surface area contributed by atoms with Crippen molar-refractivity contribution in [3.63, 3.8) is 0 Å². The summed E-state index contributed by atoms with van der Waals surface area (Å²) in [5.41, 5.74) is -16.4. The zero-order valence-electron chi connectivity index (χ0n) is 58.2. The molecule has 0 saturated carbocycles. The third-order valence-electron chi connectivity index (χ3n) is 20.5. The van der Waals surface area contributed by atoms with Gasteiger partial charge in [-0.25, -0.2) is 0 Å². The van der Waals surface area contributed by atoms with Gasteiger partial charge in [0.2, 0.25) is 46.0 Å². The molecule has 552 valence electrons. The number of ketones is 4. The highest BCUT2D eigenvalue weighted by atomic mass is 32.2. The fourth-order valence-corrected chi connectivity index (χ4v) is 18.9. The van der Waals surface area contributed by atoms with E-state index in [4.69, 9.17) is 0 Å². The molecule has 8 aromatic carbocycles. The Morgan fingerprint density at radius 2 is 0.435 bits per heavy atom. The Balaban J connectivity index is 0.000000127. The first-order valence-corrected chi connectivity index (χ1v) is 37.6. The Labute approximate surface area is 630 Å². The van der Waals surface area contributed by atoms with E-state index >= 15 is 0 Å². The summed E-state index contributed by atoms with van der Waals surface area (Å²) in [7, 11) is 0. The second-order valence-corrected chi connectivity index (χ2v) is 29.4. The van der Waals surface area contributed by atoms with Crippen LogP contribution in [0.5, 0.6) is 0 Å². The van der Waals surface area contributed by atoms with Crippen LogP contribution >= 0.6 is 47.0 Å². The van der Waals surface area contributed by atoms with Gasteiger partial charge in [0.1, 0.15) is 0 Å². The summed E-state index contributed by atoms with van der Waals surface area (Å²) >= 11 is 3.99. The van der Waals surface area contributed by atoms with Crippen LogP contribution in [0.1, 0.15) is 85.9 Å². The molecule has 4 aliphatic heterocycles. The van der Waals surface area contributed by atoms with E-state index in [2.05, 4.69) is 0 Å². The fraction of sp³-hybridized carbons (Fsp3) is 0.211. The van der Waals surface area contributed by atoms with Crippen LogP contribution in [0.3, 0.4) is 0 Å². The molecule has 4 heterocycles. The lowest BCUT2D eigenvalue weighted by molar-refractivity contribution is -0.444. The van der Waals surface area contributed by atoms with Gasteiger partial charge < -0.3 is 40.9 Å². The monoisotopic (exact) mass is 1540 g/mol. The number of thioether (sulfide) groups is 4. The van der Waals surface area contributed by atoms with E-state index in [0.717, 1.165) is 69.3 Å². The van der Waals surface area contributed by atoms with E-state index in [1.807, 2.05) is 27.7 Å². The number of nitrogens with zero attached hydrogens (tertiary/aromatic N) is 8. The number of carbonyl (C=O) groups excluding carboxylic acids is 4. The Morgan fingerprint density at radius 1 is 0.278 bits per heavy atom. The second kappa shape index (κ2) is 26.6. The van der Waals surface area contributed by atoms with Crippen molar-refractivity contribution in [1.82, 2.24) is 0 Å². The maximum atomic E-state index is 13.0. The van der Waals surface area contributed by atoms with Crippen LogP contribution in [0, 0.1) is 68.2 Å². The van der Waals surface area contributed by atoms with E-state index in [1.165, 1.54) is 68.1 Å². The standard InChI is InChI=1S/4C19H16N2O5S/c4*1-11-7-9-12(10-8-11)20-17(27-2)15(21(25)26)18(23)16(22)13-5-3-4-6-14(13)19(18,20)24/h4*3-10,23-24H,1-2H3/t4*18-,19+/m1000/s1. The van der Waals surface area contributed by atoms with Crippen molar-refractivity contribution < 1.29 is 79.7 Å². The number of carbonyl (C=O) groups is 4. The molecule has 28 nitrogen and oxygen atoms in total. The van der Waals surface area contributed by atoms with Gasteiger partial charge in [-0.2, -0.15) is 0 Å². The lowest BCUT2D eigenvalue weighted by Crippen LogP contribution is -2.58. The number of benzene rings is 8. The van der Waals surface area contributed by atoms with Crippen molar-refractivity contribution in [3.05, 3.63) is 344 Å². The quantitative estimate of drug-likeness (QED) is 0.0416. The van der Waals surface area contributed by atoms with E-state index in [1.54, 1.807) is 171 Å². The van der Waals surface area contributed by atoms with Crippen LogP contribution in [0.25, 0.3) is 0 Å². The topological polar surface area (TPSA) is 416 Å². The molecule has 8 N–H and O–H groups in total. The number of hydrogen-bond acceptors (Lipinski definition) is 28. The second-order valence-electron chi connectivity index (χ2n) is 26.2. The van der Waals surface area contributed by atoms with Crippen LogP contribution in [0.4, 0.5) is 22.7 Å². The average Bonchev–Trinajstić information content (AvgIpc) is 1.52. The van der Waals surface area contributed by atoms with Crippen LogP contribution in [-0.2, 0) is 22.9 Å². The normalized spacial score (nSPS) is 26.4. The highest BCUT2D eigenvalue weighted by molar-refractivity contribution is 8.03. The zero-order chi connectivity index (χ0) is 78.2. The smallest absolute Gasteiger partial charge is 0.321 e. The third kappa shape index (κ3) is 9.85. The predicted molar refractivity (Wildman–Crippen MR) is 403 cm³/mol. The van der Waals surface area contributed by atoms with E-state index < -0.39 is 111 Å². The van der Waals surface area contributed by atoms with Crippen molar-refractivity contribution in [2.24, 2.45) is 0 Å². The first-order valence-electron chi connectivity index (χ1n) is 32.7. The average molecular weight is 1540 g/mol. The first-order chi connectivity index (χ1) is 51.1. The summed E-state index contributed by atoms with van der Waals surface area (Å²) in [5, 5.41) is 140. The lowest BCUT2D eigenvalue weighted by Gasteiger charge is -2.38. The van der Waals surface area contributed by atoms with Crippen molar-refractivity contribution >= 4 is 92.9 Å². The molecular formula is C76H64N8O20S4. The summed E-state index contributed by atoms with van der Waals surface area (Å²) < 4.78 is 0. The molecule has 0 saturated heterocycles. The number of fused-ring (bicyclic) bond motifs is 12. The van der Waals surface area contributed by atoms with Gasteiger partial charge in [0.15, 0.2) is 20.1 Å². The Morgan fingerprint density at radius 3 is 0.583 bits per heavy atom. The number of hydrogen-bond donors (Lipinski definition) is 8. The molecule has 0 amide bonds. The molecule has 8 aliphatic rings. The molecule has 0 spiro atoms. The highest BCUT2D eigenvalue weighted by Gasteiger charge is 2.81. The minimum atomic E-state index is -2.70. The number of aliphatic hydroxyl groups is 8. The minimum absolute atomic E-state index is 0.0247. The molecule has 0 fully saturated rings. The molecule has 16 rings (SSSR count). The maximum absolute atomic E-state index is 13.0. The van der Waals surface area contributed by atoms with Gasteiger partial charge >= 0.3 is 22.8 Å². The van der Waals surface area contributed by atoms with Crippen molar-refractivity contribution in [2.45, 2.75) is 73.0 Å². The van der Waals surface area contributed by atoms with Gasteiger partial charge in [0.25, 0.3) is 22.4 Å². The molecule has 4 aliphatic carbocycles. The number of rotatable bonds is 12. The summed E-state index contributed by atoms with van der Waals surface area (Å²) in [5.74, 6) is -3.52.